The molecule has 0 unspecified atom stereocenters. The zero-order valence-corrected chi connectivity index (χ0v) is 18.0. The minimum Gasteiger partial charge on any atom is -0.329 e. The first-order valence-corrected chi connectivity index (χ1v) is 11.4. The van der Waals surface area contributed by atoms with Crippen LogP contribution in [-0.4, -0.2) is 20.2 Å². The zero-order valence-electron chi connectivity index (χ0n) is 17.2. The van der Waals surface area contributed by atoms with Crippen molar-refractivity contribution in [2.75, 3.05) is 0 Å². The number of nitrogens with zero attached hydrogens (tertiary/aromatic N) is 1. The molecular weight excluding hydrogens is 398 g/mol. The number of allylic oxidation sites excluding steroid dienone is 1. The Labute approximate surface area is 177 Å². The SMILES string of the molecule is Cc1ccc(S(=O)(=O)NC2=N[C@H](c3ccccc3)[C@H]3C(=O)CC(C)(C)C=C3N2)cc1. The van der Waals surface area contributed by atoms with Crippen LogP contribution < -0.4 is 10.0 Å². The van der Waals surface area contributed by atoms with Crippen LogP contribution in [-0.2, 0) is 14.8 Å². The lowest BCUT2D eigenvalue weighted by Gasteiger charge is -2.38. The average Bonchev–Trinajstić information content (AvgIpc) is 2.67. The first-order chi connectivity index (χ1) is 14.1. The summed E-state index contributed by atoms with van der Waals surface area (Å²) < 4.78 is 28.3. The van der Waals surface area contributed by atoms with Crippen molar-refractivity contribution < 1.29 is 13.2 Å². The van der Waals surface area contributed by atoms with Crippen molar-refractivity contribution in [2.24, 2.45) is 16.3 Å². The van der Waals surface area contributed by atoms with Gasteiger partial charge in [0, 0.05) is 12.1 Å². The Kier molecular flexibility index (Phi) is 5.02. The van der Waals surface area contributed by atoms with Crippen molar-refractivity contribution in [1.82, 2.24) is 10.0 Å². The van der Waals surface area contributed by atoms with Gasteiger partial charge in [0.15, 0.2) is 0 Å². The maximum Gasteiger partial charge on any atom is 0.264 e. The number of carbonyl (C=O) groups excluding carboxylic acids is 1. The van der Waals surface area contributed by atoms with Crippen LogP contribution in [0.2, 0.25) is 0 Å². The summed E-state index contributed by atoms with van der Waals surface area (Å²) in [6.45, 7) is 5.89. The van der Waals surface area contributed by atoms with E-state index in [2.05, 4.69) is 15.0 Å². The summed E-state index contributed by atoms with van der Waals surface area (Å²) in [5, 5.41) is 3.08. The number of nitrogens with one attached hydrogen (secondary N) is 2. The Morgan fingerprint density at radius 2 is 1.73 bits per heavy atom. The van der Waals surface area contributed by atoms with Gasteiger partial charge in [0.1, 0.15) is 5.78 Å². The van der Waals surface area contributed by atoms with E-state index in [0.717, 1.165) is 11.1 Å². The fourth-order valence-electron chi connectivity index (χ4n) is 4.01. The zero-order chi connectivity index (χ0) is 21.5. The van der Waals surface area contributed by atoms with Crippen molar-refractivity contribution in [3.8, 4) is 0 Å². The number of aliphatic imine (C=N–C) groups is 1. The highest BCUT2D eigenvalue weighted by Gasteiger charge is 2.42. The van der Waals surface area contributed by atoms with E-state index in [1.54, 1.807) is 24.3 Å². The number of aryl methyl sites for hydroxylation is 1. The predicted molar refractivity (Wildman–Crippen MR) is 116 cm³/mol. The van der Waals surface area contributed by atoms with Crippen molar-refractivity contribution in [3.63, 3.8) is 0 Å². The molecule has 0 amide bonds. The second kappa shape index (κ2) is 7.40. The number of hydrogen-bond acceptors (Lipinski definition) is 5. The molecule has 156 valence electrons. The van der Waals surface area contributed by atoms with Gasteiger partial charge in [0.2, 0.25) is 5.96 Å². The fourth-order valence-corrected chi connectivity index (χ4v) is 4.98. The average molecular weight is 424 g/mol. The molecule has 1 heterocycles. The number of fused-ring (bicyclic) bond motifs is 1. The number of benzene rings is 2. The van der Waals surface area contributed by atoms with Gasteiger partial charge in [-0.3, -0.25) is 4.79 Å². The molecule has 1 aliphatic carbocycles. The third-order valence-corrected chi connectivity index (χ3v) is 6.76. The molecule has 30 heavy (non-hydrogen) atoms. The topological polar surface area (TPSA) is 87.6 Å². The molecule has 4 rings (SSSR count). The third kappa shape index (κ3) is 4.03. The molecule has 2 atom stereocenters. The highest BCUT2D eigenvalue weighted by Crippen LogP contribution is 2.42. The molecule has 7 heteroatoms. The molecule has 0 fully saturated rings. The van der Waals surface area contributed by atoms with Gasteiger partial charge in [-0.25, -0.2) is 18.1 Å². The van der Waals surface area contributed by atoms with Gasteiger partial charge in [0.25, 0.3) is 10.0 Å². The standard InChI is InChI=1S/C23H25N3O3S/c1-15-9-11-17(12-10-15)30(28,29)26-22-24-18-13-23(2,3)14-19(27)20(18)21(25-22)16-7-5-4-6-8-16/h4-13,20-21H,14H2,1-3H3,(H2,24,25,26)/t20-,21-/m1/s1. The quantitative estimate of drug-likeness (QED) is 0.791. The van der Waals surface area contributed by atoms with E-state index in [1.165, 1.54) is 0 Å². The van der Waals surface area contributed by atoms with Crippen LogP contribution >= 0.6 is 0 Å². The lowest BCUT2D eigenvalue weighted by atomic mass is 9.72. The van der Waals surface area contributed by atoms with Gasteiger partial charge in [-0.1, -0.05) is 68.0 Å². The maximum atomic E-state index is 13.0. The summed E-state index contributed by atoms with van der Waals surface area (Å²) in [5.41, 5.74) is 2.23. The second-order valence-corrected chi connectivity index (χ2v) is 10.3. The van der Waals surface area contributed by atoms with Gasteiger partial charge in [-0.15, -0.1) is 0 Å². The van der Waals surface area contributed by atoms with Crippen molar-refractivity contribution in [3.05, 3.63) is 77.5 Å². The Balaban J connectivity index is 1.74. The smallest absolute Gasteiger partial charge is 0.264 e. The van der Waals surface area contributed by atoms with E-state index in [4.69, 9.17) is 0 Å². The van der Waals surface area contributed by atoms with Crippen molar-refractivity contribution in [2.45, 2.75) is 38.1 Å². The molecule has 2 aromatic carbocycles. The predicted octanol–water partition coefficient (Wildman–Crippen LogP) is 3.47. The van der Waals surface area contributed by atoms with Gasteiger partial charge in [-0.05, 0) is 30.0 Å². The van der Waals surface area contributed by atoms with E-state index < -0.39 is 22.0 Å². The minimum absolute atomic E-state index is 0.100. The molecule has 0 radical (unpaired) electrons. The summed E-state index contributed by atoms with van der Waals surface area (Å²) in [6.07, 6.45) is 2.44. The molecule has 0 spiro atoms. The molecule has 2 aliphatic rings. The van der Waals surface area contributed by atoms with E-state index >= 15 is 0 Å². The Morgan fingerprint density at radius 3 is 2.40 bits per heavy atom. The van der Waals surface area contributed by atoms with Crippen LogP contribution in [0.15, 0.2) is 76.3 Å². The number of Topliss-reactive ketones (excluding diaryl/α,β-unsaturated/α-hetero) is 1. The van der Waals surface area contributed by atoms with Crippen LogP contribution in [0.5, 0.6) is 0 Å². The second-order valence-electron chi connectivity index (χ2n) is 8.59. The Hall–Kier alpha value is -2.93. The normalized spacial score (nSPS) is 23.0. The van der Waals surface area contributed by atoms with Crippen LogP contribution in [0.25, 0.3) is 0 Å². The highest BCUT2D eigenvalue weighted by molar-refractivity contribution is 7.90. The van der Waals surface area contributed by atoms with Crippen molar-refractivity contribution in [1.29, 1.82) is 0 Å². The fraction of sp³-hybridized carbons (Fsp3) is 0.304. The molecule has 2 N–H and O–H groups in total. The number of ketones is 1. The molecule has 0 saturated heterocycles. The van der Waals surface area contributed by atoms with E-state index in [1.807, 2.05) is 57.2 Å². The summed E-state index contributed by atoms with van der Waals surface area (Å²) in [5.74, 6) is -0.228. The van der Waals surface area contributed by atoms with Crippen LogP contribution in [0.4, 0.5) is 0 Å². The van der Waals surface area contributed by atoms with E-state index in [-0.39, 0.29) is 22.1 Å². The lowest BCUT2D eigenvalue weighted by molar-refractivity contribution is -0.124. The Morgan fingerprint density at radius 1 is 1.07 bits per heavy atom. The largest absolute Gasteiger partial charge is 0.329 e. The maximum absolute atomic E-state index is 13.0. The van der Waals surface area contributed by atoms with Crippen molar-refractivity contribution >= 4 is 21.8 Å². The first-order valence-electron chi connectivity index (χ1n) is 9.89. The number of guanidine groups is 1. The summed E-state index contributed by atoms with van der Waals surface area (Å²) in [6, 6.07) is 15.6. The van der Waals surface area contributed by atoms with Crippen LogP contribution in [0, 0.1) is 18.3 Å². The first kappa shape index (κ1) is 20.3. The number of carbonyl (C=O) groups is 1. The number of rotatable bonds is 3. The van der Waals surface area contributed by atoms with Gasteiger partial charge in [0.05, 0.1) is 16.9 Å². The molecule has 2 aromatic rings. The van der Waals surface area contributed by atoms with Gasteiger partial charge < -0.3 is 5.32 Å². The molecule has 0 aromatic heterocycles. The minimum atomic E-state index is -3.82. The number of sulfonamides is 1. The Bertz CT molecular complexity index is 1130. The third-order valence-electron chi connectivity index (χ3n) is 5.41. The van der Waals surface area contributed by atoms with Crippen LogP contribution in [0.3, 0.4) is 0 Å². The molecule has 1 aliphatic heterocycles. The highest BCUT2D eigenvalue weighted by atomic mass is 32.2. The van der Waals surface area contributed by atoms with E-state index in [9.17, 15) is 13.2 Å². The molecule has 0 saturated carbocycles. The van der Waals surface area contributed by atoms with Gasteiger partial charge >= 0.3 is 0 Å². The lowest BCUT2D eigenvalue weighted by Crippen LogP contribution is -2.49. The summed E-state index contributed by atoms with van der Waals surface area (Å²) in [4.78, 5) is 17.8. The molecule has 6 nitrogen and oxygen atoms in total. The summed E-state index contributed by atoms with van der Waals surface area (Å²) >= 11 is 0. The summed E-state index contributed by atoms with van der Waals surface area (Å²) in [7, 11) is -3.82. The number of hydrogen-bond donors (Lipinski definition) is 2. The van der Waals surface area contributed by atoms with E-state index in [0.29, 0.717) is 12.1 Å². The monoisotopic (exact) mass is 423 g/mol. The molecule has 0 bridgehead atoms. The van der Waals surface area contributed by atoms with Crippen LogP contribution in [0.1, 0.15) is 37.4 Å². The molecular formula is C23H25N3O3S. The van der Waals surface area contributed by atoms with Gasteiger partial charge in [-0.2, -0.15) is 0 Å².